The van der Waals surface area contributed by atoms with Gasteiger partial charge in [-0.25, -0.2) is 4.98 Å². The van der Waals surface area contributed by atoms with E-state index in [9.17, 15) is 0 Å². The maximum atomic E-state index is 5.82. The van der Waals surface area contributed by atoms with Gasteiger partial charge in [-0.3, -0.25) is 0 Å². The van der Waals surface area contributed by atoms with E-state index in [0.717, 1.165) is 6.54 Å². The van der Waals surface area contributed by atoms with Crippen molar-refractivity contribution in [1.82, 2.24) is 9.97 Å². The largest absolute Gasteiger partial charge is 0.491 e. The van der Waals surface area contributed by atoms with Gasteiger partial charge >= 0.3 is 0 Å². The molecule has 0 amide bonds. The van der Waals surface area contributed by atoms with Crippen LogP contribution >= 0.6 is 11.6 Å². The average Bonchev–Trinajstić information content (AvgIpc) is 2.40. The zero-order valence-electron chi connectivity index (χ0n) is 10.3. The van der Waals surface area contributed by atoms with Crippen LogP contribution in [0.2, 0.25) is 5.28 Å². The summed E-state index contributed by atoms with van der Waals surface area (Å²) < 4.78 is 5.23. The van der Waals surface area contributed by atoms with Gasteiger partial charge in [0.25, 0.3) is 0 Å². The lowest BCUT2D eigenvalue weighted by atomic mass is 10.2. The molecule has 2 rings (SSSR count). The highest BCUT2D eigenvalue weighted by Crippen LogP contribution is 2.26. The first-order valence-electron chi connectivity index (χ1n) is 5.52. The molecule has 1 aromatic carbocycles. The summed E-state index contributed by atoms with van der Waals surface area (Å²) in [6.45, 7) is 0.727. The van der Waals surface area contributed by atoms with Crippen LogP contribution in [0, 0.1) is 0 Å². The van der Waals surface area contributed by atoms with Gasteiger partial charge in [0.2, 0.25) is 5.28 Å². The maximum absolute atomic E-state index is 5.82. The molecule has 0 fully saturated rings. The molecule has 18 heavy (non-hydrogen) atoms. The van der Waals surface area contributed by atoms with E-state index in [1.54, 1.807) is 13.3 Å². The Bertz CT molecular complexity index is 519. The minimum atomic E-state index is 0.214. The molecule has 2 aromatic rings. The van der Waals surface area contributed by atoms with Crippen molar-refractivity contribution in [3.05, 3.63) is 47.4 Å². The Morgan fingerprint density at radius 1 is 1.28 bits per heavy atom. The Labute approximate surface area is 111 Å². The monoisotopic (exact) mass is 263 g/mol. The zero-order valence-corrected chi connectivity index (χ0v) is 11.1. The van der Waals surface area contributed by atoms with Gasteiger partial charge in [0, 0.05) is 13.6 Å². The number of hydrogen-bond acceptors (Lipinski definition) is 4. The number of halogens is 1. The second-order valence-electron chi connectivity index (χ2n) is 3.87. The Morgan fingerprint density at radius 2 is 2.00 bits per heavy atom. The number of nitrogens with zero attached hydrogens (tertiary/aromatic N) is 3. The number of methoxy groups -OCH3 is 1. The van der Waals surface area contributed by atoms with Crippen molar-refractivity contribution in [3.8, 4) is 5.75 Å². The van der Waals surface area contributed by atoms with E-state index in [2.05, 4.69) is 22.1 Å². The standard InChI is InChI=1S/C13H14ClN3O/c1-17(9-10-6-4-3-5-7-10)12-11(18-2)8-15-13(14)16-12/h3-8H,9H2,1-2H3. The van der Waals surface area contributed by atoms with E-state index in [-0.39, 0.29) is 5.28 Å². The summed E-state index contributed by atoms with van der Waals surface area (Å²) in [5.74, 6) is 1.29. The number of aromatic nitrogens is 2. The molecule has 0 spiro atoms. The highest BCUT2D eigenvalue weighted by Gasteiger charge is 2.11. The third kappa shape index (κ3) is 2.90. The third-order valence-electron chi connectivity index (χ3n) is 2.55. The third-order valence-corrected chi connectivity index (χ3v) is 2.73. The van der Waals surface area contributed by atoms with E-state index in [1.807, 2.05) is 30.1 Å². The summed E-state index contributed by atoms with van der Waals surface area (Å²) in [5.41, 5.74) is 1.19. The highest BCUT2D eigenvalue weighted by atomic mass is 35.5. The molecule has 94 valence electrons. The van der Waals surface area contributed by atoms with Gasteiger partial charge in [0.05, 0.1) is 13.3 Å². The second-order valence-corrected chi connectivity index (χ2v) is 4.21. The van der Waals surface area contributed by atoms with Gasteiger partial charge < -0.3 is 9.64 Å². The van der Waals surface area contributed by atoms with Crippen LogP contribution in [-0.4, -0.2) is 24.1 Å². The fourth-order valence-electron chi connectivity index (χ4n) is 1.69. The van der Waals surface area contributed by atoms with Crippen molar-refractivity contribution in [1.29, 1.82) is 0 Å². The molecule has 0 aliphatic rings. The fourth-order valence-corrected chi connectivity index (χ4v) is 1.82. The summed E-state index contributed by atoms with van der Waals surface area (Å²) in [4.78, 5) is 10.1. The van der Waals surface area contributed by atoms with E-state index in [4.69, 9.17) is 16.3 Å². The molecule has 0 saturated carbocycles. The summed E-state index contributed by atoms with van der Waals surface area (Å²) in [6.07, 6.45) is 1.58. The van der Waals surface area contributed by atoms with Crippen LogP contribution in [-0.2, 0) is 6.54 Å². The van der Waals surface area contributed by atoms with Gasteiger partial charge in [-0.2, -0.15) is 4.98 Å². The number of benzene rings is 1. The number of anilines is 1. The summed E-state index contributed by atoms with van der Waals surface area (Å²) in [6, 6.07) is 10.1. The second kappa shape index (κ2) is 5.69. The predicted molar refractivity (Wildman–Crippen MR) is 72.1 cm³/mol. The topological polar surface area (TPSA) is 38.3 Å². The van der Waals surface area contributed by atoms with Crippen LogP contribution in [0.25, 0.3) is 0 Å². The minimum Gasteiger partial charge on any atom is -0.491 e. The SMILES string of the molecule is COc1cnc(Cl)nc1N(C)Cc1ccccc1. The molecule has 1 aromatic heterocycles. The van der Waals surface area contributed by atoms with Gasteiger partial charge in [0.15, 0.2) is 11.6 Å². The summed E-state index contributed by atoms with van der Waals surface area (Å²) >= 11 is 5.82. The Kier molecular flexibility index (Phi) is 3.99. The van der Waals surface area contributed by atoms with E-state index in [0.29, 0.717) is 11.6 Å². The normalized spacial score (nSPS) is 10.2. The van der Waals surface area contributed by atoms with Crippen molar-refractivity contribution < 1.29 is 4.74 Å². The number of hydrogen-bond donors (Lipinski definition) is 0. The van der Waals surface area contributed by atoms with Gasteiger partial charge in [0.1, 0.15) is 0 Å². The molecule has 4 nitrogen and oxygen atoms in total. The molecule has 1 heterocycles. The molecule has 0 radical (unpaired) electrons. The molecule has 0 bridgehead atoms. The van der Waals surface area contributed by atoms with Gasteiger partial charge in [-0.1, -0.05) is 30.3 Å². The quantitative estimate of drug-likeness (QED) is 0.795. The Hall–Kier alpha value is -1.81. The van der Waals surface area contributed by atoms with E-state index in [1.165, 1.54) is 5.56 Å². The van der Waals surface area contributed by atoms with Crippen LogP contribution in [0.15, 0.2) is 36.5 Å². The molecule has 0 atom stereocenters. The fraction of sp³-hybridized carbons (Fsp3) is 0.231. The van der Waals surface area contributed by atoms with Crippen molar-refractivity contribution >= 4 is 17.4 Å². The molecular formula is C13H14ClN3O. The Balaban J connectivity index is 2.23. The average molecular weight is 264 g/mol. The van der Waals surface area contributed by atoms with Gasteiger partial charge in [-0.05, 0) is 17.2 Å². The van der Waals surface area contributed by atoms with E-state index < -0.39 is 0 Å². The summed E-state index contributed by atoms with van der Waals surface area (Å²) in [5, 5.41) is 0.214. The van der Waals surface area contributed by atoms with Gasteiger partial charge in [-0.15, -0.1) is 0 Å². The summed E-state index contributed by atoms with van der Waals surface area (Å²) in [7, 11) is 3.53. The predicted octanol–water partition coefficient (Wildman–Crippen LogP) is 2.78. The maximum Gasteiger partial charge on any atom is 0.224 e. The molecule has 0 aliphatic heterocycles. The molecule has 0 N–H and O–H groups in total. The first kappa shape index (κ1) is 12.6. The Morgan fingerprint density at radius 3 is 2.67 bits per heavy atom. The van der Waals surface area contributed by atoms with Crippen molar-refractivity contribution in [3.63, 3.8) is 0 Å². The van der Waals surface area contributed by atoms with Crippen molar-refractivity contribution in [2.75, 3.05) is 19.1 Å². The smallest absolute Gasteiger partial charge is 0.224 e. The molecular weight excluding hydrogens is 250 g/mol. The number of ether oxygens (including phenoxy) is 1. The molecule has 5 heteroatoms. The van der Waals surface area contributed by atoms with Crippen LogP contribution in [0.3, 0.4) is 0 Å². The minimum absolute atomic E-state index is 0.214. The highest BCUT2D eigenvalue weighted by molar-refractivity contribution is 6.28. The van der Waals surface area contributed by atoms with Crippen molar-refractivity contribution in [2.45, 2.75) is 6.54 Å². The molecule has 0 aliphatic carbocycles. The molecule has 0 saturated heterocycles. The molecule has 0 unspecified atom stereocenters. The lowest BCUT2D eigenvalue weighted by molar-refractivity contribution is 0.410. The lowest BCUT2D eigenvalue weighted by Crippen LogP contribution is -2.18. The van der Waals surface area contributed by atoms with Crippen LogP contribution in [0.4, 0.5) is 5.82 Å². The van der Waals surface area contributed by atoms with Crippen molar-refractivity contribution in [2.24, 2.45) is 0 Å². The first-order chi connectivity index (χ1) is 8.70. The lowest BCUT2D eigenvalue weighted by Gasteiger charge is -2.20. The first-order valence-corrected chi connectivity index (χ1v) is 5.90. The zero-order chi connectivity index (χ0) is 13.0. The number of rotatable bonds is 4. The van der Waals surface area contributed by atoms with Crippen LogP contribution in [0.1, 0.15) is 5.56 Å². The van der Waals surface area contributed by atoms with Crippen LogP contribution in [0.5, 0.6) is 5.75 Å². The van der Waals surface area contributed by atoms with Crippen LogP contribution < -0.4 is 9.64 Å². The van der Waals surface area contributed by atoms with E-state index >= 15 is 0 Å².